The van der Waals surface area contributed by atoms with Crippen molar-refractivity contribution in [3.63, 3.8) is 0 Å². The zero-order valence-electron chi connectivity index (χ0n) is 36.3. The van der Waals surface area contributed by atoms with Gasteiger partial charge in [0.15, 0.2) is 0 Å². The first-order valence-corrected chi connectivity index (χ1v) is 19.5. The van der Waals surface area contributed by atoms with Gasteiger partial charge in [-0.05, 0) is 123 Å². The molecule has 0 fully saturated rings. The largest absolute Gasteiger partial charge is 0.390 e. The highest BCUT2D eigenvalue weighted by atomic mass is 16.3. The zero-order chi connectivity index (χ0) is 41.6. The van der Waals surface area contributed by atoms with Crippen LogP contribution in [0.1, 0.15) is 123 Å². The van der Waals surface area contributed by atoms with Crippen LogP contribution in [0.4, 0.5) is 0 Å². The van der Waals surface area contributed by atoms with Gasteiger partial charge in [0.05, 0.1) is 22.4 Å². The van der Waals surface area contributed by atoms with Crippen LogP contribution in [0.15, 0.2) is 155 Å². The average molecular weight is 741 g/mol. The van der Waals surface area contributed by atoms with E-state index in [4.69, 9.17) is 0 Å². The van der Waals surface area contributed by atoms with Gasteiger partial charge >= 0.3 is 0 Å². The number of hydrogen-bond acceptors (Lipinski definition) is 4. The molecule has 0 unspecified atom stereocenters. The molecular weight excluding hydrogens is 665 g/mol. The molecule has 4 N–H and O–H groups in total. The molecule has 2 atom stereocenters. The summed E-state index contributed by atoms with van der Waals surface area (Å²) in [6.45, 7) is 26.9. The van der Waals surface area contributed by atoms with Crippen molar-refractivity contribution in [1.29, 1.82) is 0 Å². The van der Waals surface area contributed by atoms with Crippen LogP contribution >= 0.6 is 0 Å². The molecule has 0 heterocycles. The second-order valence-corrected chi connectivity index (χ2v) is 17.2. The van der Waals surface area contributed by atoms with E-state index in [1.165, 1.54) is 0 Å². The Morgan fingerprint density at radius 2 is 0.593 bits per heavy atom. The molecule has 0 aromatic carbocycles. The Morgan fingerprint density at radius 3 is 0.815 bits per heavy atom. The van der Waals surface area contributed by atoms with E-state index >= 15 is 0 Å². The molecule has 0 bridgehead atoms. The summed E-state index contributed by atoms with van der Waals surface area (Å²) in [5.74, 6) is -0.0768. The normalized spacial score (nSPS) is 17.4. The Labute approximate surface area is 331 Å². The summed E-state index contributed by atoms with van der Waals surface area (Å²) >= 11 is 0. The lowest BCUT2D eigenvalue weighted by atomic mass is 9.83. The maximum absolute atomic E-state index is 10.6. The van der Waals surface area contributed by atoms with E-state index in [2.05, 4.69) is 113 Å². The molecule has 0 aliphatic heterocycles. The molecule has 0 spiro atoms. The third-order valence-corrected chi connectivity index (χ3v) is 8.83. The van der Waals surface area contributed by atoms with Gasteiger partial charge in [-0.3, -0.25) is 0 Å². The molecular formula is C50H76O4. The van der Waals surface area contributed by atoms with Crippen molar-refractivity contribution < 1.29 is 20.4 Å². The molecule has 0 amide bonds. The minimum atomic E-state index is -0.848. The maximum Gasteiger partial charge on any atom is 0.0654 e. The molecule has 300 valence electrons. The number of allylic oxidation sites excluding steroid dienone is 24. The van der Waals surface area contributed by atoms with E-state index in [0.29, 0.717) is 25.7 Å². The Bertz CT molecular complexity index is 1410. The summed E-state index contributed by atoms with van der Waals surface area (Å²) in [5.41, 5.74) is 3.60. The van der Waals surface area contributed by atoms with Crippen LogP contribution in [0, 0.1) is 11.8 Å². The highest BCUT2D eigenvalue weighted by Gasteiger charge is 2.27. The van der Waals surface area contributed by atoms with Crippen LogP contribution in [0.2, 0.25) is 0 Å². The maximum atomic E-state index is 10.6. The standard InChI is InChI=1S/C50H76O4/c1-39(23-17-25-41(3)27-19-29-43(5)31-33-45(49(11,12)53)35-37-47(7,8)51)21-15-16-22-40(2)24-18-26-42(4)28-20-30-44(6)32-34-46(50(13,14)54)36-38-48(9,10)52/h15-34,45-46,51-54H,35-38H2,1-14H3/b16-15+,23-17+,24-18+,27-19+,28-20+,33-31+,34-32+,39-21+,40-22+,41-25-,42-26+,43-29+,44-30+/t45-,46-/m1/s1. The highest BCUT2D eigenvalue weighted by Crippen LogP contribution is 2.28. The van der Waals surface area contributed by atoms with Gasteiger partial charge < -0.3 is 20.4 Å². The predicted molar refractivity (Wildman–Crippen MR) is 237 cm³/mol. The van der Waals surface area contributed by atoms with Crippen LogP contribution in [-0.4, -0.2) is 42.8 Å². The first kappa shape index (κ1) is 50.5. The average Bonchev–Trinajstić information content (AvgIpc) is 3.00. The molecule has 54 heavy (non-hydrogen) atoms. The smallest absolute Gasteiger partial charge is 0.0654 e. The lowest BCUT2D eigenvalue weighted by Gasteiger charge is -2.29. The summed E-state index contributed by atoms with van der Waals surface area (Å²) in [4.78, 5) is 0. The van der Waals surface area contributed by atoms with E-state index in [-0.39, 0.29) is 11.8 Å². The molecule has 0 aliphatic carbocycles. The molecule has 0 saturated heterocycles. The quantitative estimate of drug-likeness (QED) is 0.0833. The van der Waals surface area contributed by atoms with E-state index in [9.17, 15) is 20.4 Å². The second-order valence-electron chi connectivity index (χ2n) is 17.2. The molecule has 0 rings (SSSR count). The van der Waals surface area contributed by atoms with Crippen LogP contribution in [0.5, 0.6) is 0 Å². The van der Waals surface area contributed by atoms with Gasteiger partial charge in [-0.1, -0.05) is 155 Å². The van der Waals surface area contributed by atoms with Crippen LogP contribution < -0.4 is 0 Å². The summed E-state index contributed by atoms with van der Waals surface area (Å²) in [6, 6.07) is 0. The van der Waals surface area contributed by atoms with E-state index in [1.54, 1.807) is 27.7 Å². The third-order valence-electron chi connectivity index (χ3n) is 8.83. The van der Waals surface area contributed by atoms with Gasteiger partial charge in [0.2, 0.25) is 0 Å². The minimum absolute atomic E-state index is 0.0384. The van der Waals surface area contributed by atoms with Crippen molar-refractivity contribution >= 4 is 0 Å². The fraction of sp³-hybridized carbons (Fsp3) is 0.480. The number of rotatable bonds is 22. The minimum Gasteiger partial charge on any atom is -0.390 e. The molecule has 4 heteroatoms. The van der Waals surface area contributed by atoms with Gasteiger partial charge in [-0.15, -0.1) is 0 Å². The van der Waals surface area contributed by atoms with Crippen molar-refractivity contribution in [3.05, 3.63) is 155 Å². The lowest BCUT2D eigenvalue weighted by molar-refractivity contribution is 0.0131. The Kier molecular flexibility index (Phi) is 23.2. The molecule has 0 saturated carbocycles. The van der Waals surface area contributed by atoms with Gasteiger partial charge in [0, 0.05) is 11.8 Å². The van der Waals surface area contributed by atoms with Crippen LogP contribution in [0.3, 0.4) is 0 Å². The fourth-order valence-electron chi connectivity index (χ4n) is 5.08. The Balaban J connectivity index is 5.09. The van der Waals surface area contributed by atoms with E-state index < -0.39 is 22.4 Å². The van der Waals surface area contributed by atoms with E-state index in [0.717, 1.165) is 33.4 Å². The van der Waals surface area contributed by atoms with Gasteiger partial charge in [-0.2, -0.15) is 0 Å². The second kappa shape index (κ2) is 24.8. The first-order valence-electron chi connectivity index (χ1n) is 19.5. The zero-order valence-corrected chi connectivity index (χ0v) is 36.3. The van der Waals surface area contributed by atoms with Crippen molar-refractivity contribution in [2.45, 2.75) is 145 Å². The highest BCUT2D eigenvalue weighted by molar-refractivity contribution is 5.33. The molecule has 0 aliphatic rings. The fourth-order valence-corrected chi connectivity index (χ4v) is 5.08. The molecule has 0 radical (unpaired) electrons. The lowest BCUT2D eigenvalue weighted by Crippen LogP contribution is -2.31. The summed E-state index contributed by atoms with van der Waals surface area (Å²) in [6.07, 6.45) is 44.0. The summed E-state index contributed by atoms with van der Waals surface area (Å²) < 4.78 is 0. The third kappa shape index (κ3) is 28.9. The SMILES string of the molecule is CC(=C/C=C/C(C)=C/C=C/C=C(C)/C=C/C=C(C)/C=C/C=C(C)/C=C/[C@H](CCC(C)(C)O)C(C)(C)O)/C=C/C=C(C)/C=C/[C@H](CCC(C)(C)O)C(C)(C)O. The van der Waals surface area contributed by atoms with Gasteiger partial charge in [0.25, 0.3) is 0 Å². The van der Waals surface area contributed by atoms with Crippen molar-refractivity contribution in [1.82, 2.24) is 0 Å². The first-order chi connectivity index (χ1) is 24.8. The van der Waals surface area contributed by atoms with Crippen molar-refractivity contribution in [2.75, 3.05) is 0 Å². The van der Waals surface area contributed by atoms with Gasteiger partial charge in [-0.25, -0.2) is 0 Å². The Morgan fingerprint density at radius 1 is 0.370 bits per heavy atom. The van der Waals surface area contributed by atoms with Gasteiger partial charge in [0.1, 0.15) is 0 Å². The molecule has 4 nitrogen and oxygen atoms in total. The van der Waals surface area contributed by atoms with Crippen LogP contribution in [0.25, 0.3) is 0 Å². The number of aliphatic hydroxyl groups is 4. The Hall–Kier alpha value is -3.54. The molecule has 0 aromatic heterocycles. The van der Waals surface area contributed by atoms with Crippen LogP contribution in [-0.2, 0) is 0 Å². The summed E-state index contributed by atoms with van der Waals surface area (Å²) in [5, 5.41) is 41.3. The van der Waals surface area contributed by atoms with Crippen molar-refractivity contribution in [3.8, 4) is 0 Å². The number of hydrogen-bond donors (Lipinski definition) is 4. The predicted octanol–water partition coefficient (Wildman–Crippen LogP) is 12.4. The molecule has 0 aromatic rings. The topological polar surface area (TPSA) is 80.9 Å². The van der Waals surface area contributed by atoms with Crippen molar-refractivity contribution in [2.24, 2.45) is 11.8 Å². The van der Waals surface area contributed by atoms with E-state index in [1.807, 2.05) is 78.0 Å². The monoisotopic (exact) mass is 741 g/mol. The summed E-state index contributed by atoms with van der Waals surface area (Å²) in [7, 11) is 0.